The molecule has 2 unspecified atom stereocenters. The molecule has 0 amide bonds. The maximum atomic E-state index is 2.62. The Morgan fingerprint density at radius 3 is 2.83 bits per heavy atom. The molecule has 3 heterocycles. The van der Waals surface area contributed by atoms with Crippen LogP contribution in [-0.2, 0) is 13.0 Å². The van der Waals surface area contributed by atoms with Crippen molar-refractivity contribution in [3.63, 3.8) is 0 Å². The average Bonchev–Trinajstić information content (AvgIpc) is 2.95. The third-order valence-corrected chi connectivity index (χ3v) is 4.88. The van der Waals surface area contributed by atoms with Gasteiger partial charge in [-0.2, -0.15) is 0 Å². The van der Waals surface area contributed by atoms with Crippen molar-refractivity contribution >= 4 is 10.9 Å². The zero-order valence-corrected chi connectivity index (χ0v) is 11.0. The number of para-hydroxylation sites is 1. The van der Waals surface area contributed by atoms with Gasteiger partial charge in [0.2, 0.25) is 0 Å². The molecule has 0 N–H and O–H groups in total. The van der Waals surface area contributed by atoms with E-state index < -0.39 is 0 Å². The minimum absolute atomic E-state index is 0.869. The van der Waals surface area contributed by atoms with Gasteiger partial charge in [0.05, 0.1) is 0 Å². The molecule has 0 aliphatic carbocycles. The van der Waals surface area contributed by atoms with Crippen molar-refractivity contribution in [1.29, 1.82) is 0 Å². The lowest BCUT2D eigenvalue weighted by Crippen LogP contribution is -2.27. The van der Waals surface area contributed by atoms with E-state index in [-0.39, 0.29) is 0 Å². The fraction of sp³-hybridized carbons (Fsp3) is 0.500. The molecule has 0 radical (unpaired) electrons. The van der Waals surface area contributed by atoms with Gasteiger partial charge in [-0.05, 0) is 42.3 Å². The molecule has 94 valence electrons. The summed E-state index contributed by atoms with van der Waals surface area (Å²) in [5.74, 6) is 1.76. The monoisotopic (exact) mass is 240 g/mol. The van der Waals surface area contributed by atoms with Crippen molar-refractivity contribution in [2.24, 2.45) is 11.8 Å². The fourth-order valence-corrected chi connectivity index (χ4v) is 3.89. The van der Waals surface area contributed by atoms with Crippen LogP contribution in [-0.4, -0.2) is 29.1 Å². The van der Waals surface area contributed by atoms with E-state index in [0.29, 0.717) is 0 Å². The van der Waals surface area contributed by atoms with Crippen LogP contribution in [0.3, 0.4) is 0 Å². The number of fused-ring (bicyclic) bond motifs is 4. The molecule has 18 heavy (non-hydrogen) atoms. The van der Waals surface area contributed by atoms with Crippen LogP contribution in [0.2, 0.25) is 0 Å². The zero-order valence-electron chi connectivity index (χ0n) is 11.0. The van der Waals surface area contributed by atoms with E-state index >= 15 is 0 Å². The maximum absolute atomic E-state index is 2.62. The number of likely N-dealkylation sites (tertiary alicyclic amines) is 1. The van der Waals surface area contributed by atoms with Crippen molar-refractivity contribution in [2.75, 3.05) is 19.6 Å². The van der Waals surface area contributed by atoms with E-state index in [0.717, 1.165) is 11.8 Å². The van der Waals surface area contributed by atoms with E-state index in [1.54, 1.807) is 5.69 Å². The highest BCUT2D eigenvalue weighted by molar-refractivity contribution is 5.81. The Labute approximate surface area is 108 Å². The second kappa shape index (κ2) is 3.86. The summed E-state index contributed by atoms with van der Waals surface area (Å²) in [6.45, 7) is 7.33. The molecule has 1 saturated heterocycles. The summed E-state index contributed by atoms with van der Waals surface area (Å²) in [6.07, 6.45) is 1.27. The topological polar surface area (TPSA) is 8.17 Å². The molecule has 2 nitrogen and oxygen atoms in total. The van der Waals surface area contributed by atoms with Gasteiger partial charge in [-0.15, -0.1) is 0 Å². The van der Waals surface area contributed by atoms with Crippen LogP contribution in [0.1, 0.15) is 12.6 Å². The zero-order chi connectivity index (χ0) is 12.1. The summed E-state index contributed by atoms with van der Waals surface area (Å²) in [5.41, 5.74) is 2.98. The Balaban J connectivity index is 1.74. The summed E-state index contributed by atoms with van der Waals surface area (Å²) < 4.78 is 2.57. The van der Waals surface area contributed by atoms with Gasteiger partial charge in [-0.1, -0.05) is 25.1 Å². The molecule has 2 heteroatoms. The van der Waals surface area contributed by atoms with Crippen molar-refractivity contribution in [1.82, 2.24) is 9.47 Å². The van der Waals surface area contributed by atoms with Crippen LogP contribution in [0.4, 0.5) is 0 Å². The Morgan fingerprint density at radius 1 is 1.11 bits per heavy atom. The van der Waals surface area contributed by atoms with Crippen molar-refractivity contribution in [3.05, 3.63) is 36.0 Å². The van der Waals surface area contributed by atoms with Crippen LogP contribution < -0.4 is 0 Å². The van der Waals surface area contributed by atoms with Crippen LogP contribution in [0.15, 0.2) is 30.3 Å². The average molecular weight is 240 g/mol. The summed E-state index contributed by atoms with van der Waals surface area (Å²) >= 11 is 0. The normalized spacial score (nSPS) is 27.4. The molecule has 1 fully saturated rings. The molecule has 4 rings (SSSR count). The molecule has 2 atom stereocenters. The quantitative estimate of drug-likeness (QED) is 0.744. The lowest BCUT2D eigenvalue weighted by Gasteiger charge is -2.27. The minimum Gasteiger partial charge on any atom is -0.344 e. The predicted octanol–water partition coefficient (Wildman–Crippen LogP) is 2.77. The molecule has 2 aliphatic heterocycles. The first-order valence-corrected chi connectivity index (χ1v) is 7.14. The Bertz CT molecular complexity index is 584. The standard InChI is InChI=1S/C16H20N2/c1-2-17-9-13-8-15-7-12-5-3-4-6-16(12)18(15)11-14(13)10-17/h3-7,13-14H,2,8-11H2,1H3. The first-order valence-electron chi connectivity index (χ1n) is 7.14. The lowest BCUT2D eigenvalue weighted by atomic mass is 9.88. The summed E-state index contributed by atoms with van der Waals surface area (Å²) in [6, 6.07) is 11.2. The highest BCUT2D eigenvalue weighted by Crippen LogP contribution is 2.35. The summed E-state index contributed by atoms with van der Waals surface area (Å²) in [7, 11) is 0. The molecular weight excluding hydrogens is 220 g/mol. The minimum atomic E-state index is 0.869. The number of nitrogens with zero attached hydrogens (tertiary/aromatic N) is 2. The molecule has 0 spiro atoms. The van der Waals surface area contributed by atoms with E-state index in [1.165, 1.54) is 43.5 Å². The van der Waals surface area contributed by atoms with Crippen LogP contribution in [0, 0.1) is 11.8 Å². The predicted molar refractivity (Wildman–Crippen MR) is 74.7 cm³/mol. The Kier molecular flexibility index (Phi) is 2.28. The third-order valence-electron chi connectivity index (χ3n) is 4.88. The summed E-state index contributed by atoms with van der Waals surface area (Å²) in [4.78, 5) is 2.62. The fourth-order valence-electron chi connectivity index (χ4n) is 3.89. The first kappa shape index (κ1) is 10.6. The molecule has 2 aromatic rings. The van der Waals surface area contributed by atoms with Gasteiger partial charge < -0.3 is 9.47 Å². The second-order valence-corrected chi connectivity index (χ2v) is 5.88. The van der Waals surface area contributed by atoms with Gasteiger partial charge in [0.15, 0.2) is 0 Å². The Hall–Kier alpha value is -1.28. The number of rotatable bonds is 1. The molecule has 0 saturated carbocycles. The van der Waals surface area contributed by atoms with Crippen LogP contribution in [0.25, 0.3) is 10.9 Å². The highest BCUT2D eigenvalue weighted by Gasteiger charge is 2.36. The van der Waals surface area contributed by atoms with E-state index in [9.17, 15) is 0 Å². The molecule has 1 aromatic carbocycles. The third kappa shape index (κ3) is 1.45. The number of hydrogen-bond acceptors (Lipinski definition) is 1. The molecule has 0 bridgehead atoms. The molecular formula is C16H20N2. The molecule has 1 aromatic heterocycles. The molecule has 2 aliphatic rings. The van der Waals surface area contributed by atoms with E-state index in [2.05, 4.69) is 46.7 Å². The number of benzene rings is 1. The van der Waals surface area contributed by atoms with Gasteiger partial charge in [0, 0.05) is 30.8 Å². The van der Waals surface area contributed by atoms with Gasteiger partial charge in [0.25, 0.3) is 0 Å². The van der Waals surface area contributed by atoms with Crippen molar-refractivity contribution in [2.45, 2.75) is 19.9 Å². The Morgan fingerprint density at radius 2 is 1.94 bits per heavy atom. The second-order valence-electron chi connectivity index (χ2n) is 5.88. The summed E-state index contributed by atoms with van der Waals surface area (Å²) in [5, 5.41) is 1.42. The van der Waals surface area contributed by atoms with E-state index in [1.807, 2.05) is 0 Å². The van der Waals surface area contributed by atoms with Gasteiger partial charge in [0.1, 0.15) is 0 Å². The first-order chi connectivity index (χ1) is 8.85. The smallest absolute Gasteiger partial charge is 0.0482 e. The maximum Gasteiger partial charge on any atom is 0.0482 e. The van der Waals surface area contributed by atoms with Gasteiger partial charge in [-0.3, -0.25) is 0 Å². The largest absolute Gasteiger partial charge is 0.344 e. The van der Waals surface area contributed by atoms with Crippen LogP contribution >= 0.6 is 0 Å². The van der Waals surface area contributed by atoms with Crippen molar-refractivity contribution < 1.29 is 0 Å². The highest BCUT2D eigenvalue weighted by atomic mass is 15.2. The van der Waals surface area contributed by atoms with Crippen molar-refractivity contribution in [3.8, 4) is 0 Å². The van der Waals surface area contributed by atoms with Gasteiger partial charge in [-0.25, -0.2) is 0 Å². The SMILES string of the molecule is CCN1CC2Cc3cc4ccccc4n3CC2C1. The van der Waals surface area contributed by atoms with Gasteiger partial charge >= 0.3 is 0 Å². The van der Waals surface area contributed by atoms with E-state index in [4.69, 9.17) is 0 Å². The number of hydrogen-bond donors (Lipinski definition) is 0. The number of aromatic nitrogens is 1. The lowest BCUT2D eigenvalue weighted by molar-refractivity contribution is 0.321. The van der Waals surface area contributed by atoms with Crippen LogP contribution in [0.5, 0.6) is 0 Å².